The summed E-state index contributed by atoms with van der Waals surface area (Å²) in [4.78, 5) is 14.2. The zero-order valence-corrected chi connectivity index (χ0v) is 10.7. The standard InChI is InChI=1S/C12H24N2O2/c1-4-10(3)11(12(15)16-5-2)14-8-6-13-7-9-14/h10-11,13H,4-9H2,1-3H3. The molecule has 1 fully saturated rings. The highest BCUT2D eigenvalue weighted by Gasteiger charge is 2.32. The summed E-state index contributed by atoms with van der Waals surface area (Å²) in [5.74, 6) is 0.302. The van der Waals surface area contributed by atoms with E-state index in [1.54, 1.807) is 0 Å². The van der Waals surface area contributed by atoms with Crippen LogP contribution in [0.4, 0.5) is 0 Å². The SMILES string of the molecule is CCOC(=O)C(C(C)CC)N1CCNCC1. The van der Waals surface area contributed by atoms with Crippen molar-refractivity contribution < 1.29 is 9.53 Å². The summed E-state index contributed by atoms with van der Waals surface area (Å²) >= 11 is 0. The molecule has 0 spiro atoms. The lowest BCUT2D eigenvalue weighted by atomic mass is 9.97. The maximum Gasteiger partial charge on any atom is 0.323 e. The summed E-state index contributed by atoms with van der Waals surface area (Å²) in [5.41, 5.74) is 0. The smallest absolute Gasteiger partial charge is 0.323 e. The molecule has 16 heavy (non-hydrogen) atoms. The monoisotopic (exact) mass is 228 g/mol. The van der Waals surface area contributed by atoms with Gasteiger partial charge in [0, 0.05) is 26.2 Å². The van der Waals surface area contributed by atoms with Crippen LogP contribution in [0.1, 0.15) is 27.2 Å². The van der Waals surface area contributed by atoms with Crippen LogP contribution in [0.2, 0.25) is 0 Å². The van der Waals surface area contributed by atoms with E-state index in [1.165, 1.54) is 0 Å². The molecule has 0 bridgehead atoms. The average Bonchev–Trinajstić information content (AvgIpc) is 2.31. The second-order valence-corrected chi connectivity index (χ2v) is 4.37. The van der Waals surface area contributed by atoms with E-state index in [4.69, 9.17) is 4.74 Å². The topological polar surface area (TPSA) is 41.6 Å². The van der Waals surface area contributed by atoms with Gasteiger partial charge in [0.05, 0.1) is 6.61 Å². The van der Waals surface area contributed by atoms with Crippen LogP contribution in [-0.2, 0) is 9.53 Å². The number of nitrogens with one attached hydrogen (secondary N) is 1. The molecule has 1 rings (SSSR count). The van der Waals surface area contributed by atoms with Crippen molar-refractivity contribution >= 4 is 5.97 Å². The first-order valence-corrected chi connectivity index (χ1v) is 6.32. The Kier molecular flexibility index (Phi) is 5.77. The predicted molar refractivity (Wildman–Crippen MR) is 64.3 cm³/mol. The molecule has 1 heterocycles. The van der Waals surface area contributed by atoms with Crippen LogP contribution in [-0.4, -0.2) is 49.7 Å². The van der Waals surface area contributed by atoms with Crippen LogP contribution in [0.5, 0.6) is 0 Å². The van der Waals surface area contributed by atoms with Gasteiger partial charge in [-0.25, -0.2) is 0 Å². The van der Waals surface area contributed by atoms with Crippen molar-refractivity contribution in [3.05, 3.63) is 0 Å². The van der Waals surface area contributed by atoms with E-state index in [0.29, 0.717) is 12.5 Å². The lowest BCUT2D eigenvalue weighted by Gasteiger charge is -2.36. The molecule has 2 atom stereocenters. The Morgan fingerprint density at radius 3 is 2.50 bits per heavy atom. The lowest BCUT2D eigenvalue weighted by Crippen LogP contribution is -2.54. The molecule has 94 valence electrons. The van der Waals surface area contributed by atoms with Crippen LogP contribution in [0, 0.1) is 5.92 Å². The molecule has 1 N–H and O–H groups in total. The summed E-state index contributed by atoms with van der Waals surface area (Å²) in [6.07, 6.45) is 1.01. The molecular formula is C12H24N2O2. The predicted octanol–water partition coefficient (Wildman–Crippen LogP) is 0.869. The second-order valence-electron chi connectivity index (χ2n) is 4.37. The van der Waals surface area contributed by atoms with Gasteiger partial charge in [0.15, 0.2) is 0 Å². The molecular weight excluding hydrogens is 204 g/mol. The summed E-state index contributed by atoms with van der Waals surface area (Å²) in [7, 11) is 0. The largest absolute Gasteiger partial charge is 0.465 e. The minimum Gasteiger partial charge on any atom is -0.465 e. The lowest BCUT2D eigenvalue weighted by molar-refractivity contribution is -0.152. The Bertz CT molecular complexity index is 215. The number of nitrogens with zero attached hydrogens (tertiary/aromatic N) is 1. The maximum absolute atomic E-state index is 12.0. The van der Waals surface area contributed by atoms with Crippen molar-refractivity contribution in [2.45, 2.75) is 33.2 Å². The minimum atomic E-state index is -0.0629. The fourth-order valence-electron chi connectivity index (χ4n) is 2.15. The minimum absolute atomic E-state index is 0.0567. The highest BCUT2D eigenvalue weighted by molar-refractivity contribution is 5.76. The van der Waals surface area contributed by atoms with E-state index in [0.717, 1.165) is 32.6 Å². The van der Waals surface area contributed by atoms with Crippen molar-refractivity contribution in [3.8, 4) is 0 Å². The molecule has 2 unspecified atom stereocenters. The first-order chi connectivity index (χ1) is 7.70. The van der Waals surface area contributed by atoms with E-state index in [1.807, 2.05) is 6.92 Å². The van der Waals surface area contributed by atoms with Gasteiger partial charge in [0.1, 0.15) is 6.04 Å². The zero-order chi connectivity index (χ0) is 12.0. The Balaban J connectivity index is 2.64. The average molecular weight is 228 g/mol. The molecule has 0 aromatic carbocycles. The van der Waals surface area contributed by atoms with Crippen LogP contribution in [0.25, 0.3) is 0 Å². The second kappa shape index (κ2) is 6.86. The van der Waals surface area contributed by atoms with Gasteiger partial charge in [-0.05, 0) is 12.8 Å². The molecule has 0 aromatic heterocycles. The van der Waals surface area contributed by atoms with Crippen LogP contribution < -0.4 is 5.32 Å². The molecule has 0 radical (unpaired) electrons. The Hall–Kier alpha value is -0.610. The number of rotatable bonds is 5. The number of hydrogen-bond acceptors (Lipinski definition) is 4. The normalized spacial score (nSPS) is 21.4. The van der Waals surface area contributed by atoms with Crippen molar-refractivity contribution in [1.29, 1.82) is 0 Å². The molecule has 1 aliphatic rings. The summed E-state index contributed by atoms with van der Waals surface area (Å²) < 4.78 is 5.18. The van der Waals surface area contributed by atoms with Gasteiger partial charge >= 0.3 is 5.97 Å². The van der Waals surface area contributed by atoms with Gasteiger partial charge in [-0.3, -0.25) is 9.69 Å². The van der Waals surface area contributed by atoms with E-state index in [2.05, 4.69) is 24.1 Å². The first-order valence-electron chi connectivity index (χ1n) is 6.32. The number of ether oxygens (including phenoxy) is 1. The molecule has 1 saturated heterocycles. The van der Waals surface area contributed by atoms with E-state index < -0.39 is 0 Å². The Morgan fingerprint density at radius 2 is 2.00 bits per heavy atom. The number of hydrogen-bond donors (Lipinski definition) is 1. The zero-order valence-electron chi connectivity index (χ0n) is 10.7. The van der Waals surface area contributed by atoms with Gasteiger partial charge in [-0.1, -0.05) is 20.3 Å². The number of piperazine rings is 1. The summed E-state index contributed by atoms with van der Waals surface area (Å²) in [6, 6.07) is -0.0629. The first kappa shape index (κ1) is 13.5. The molecule has 0 amide bonds. The van der Waals surface area contributed by atoms with E-state index >= 15 is 0 Å². The van der Waals surface area contributed by atoms with Crippen molar-refractivity contribution in [2.75, 3.05) is 32.8 Å². The van der Waals surface area contributed by atoms with Gasteiger partial charge in [-0.15, -0.1) is 0 Å². The Morgan fingerprint density at radius 1 is 1.38 bits per heavy atom. The fraction of sp³-hybridized carbons (Fsp3) is 0.917. The molecule has 0 aliphatic carbocycles. The molecule has 1 aliphatic heterocycles. The third kappa shape index (κ3) is 3.46. The quantitative estimate of drug-likeness (QED) is 0.709. The van der Waals surface area contributed by atoms with Crippen LogP contribution >= 0.6 is 0 Å². The highest BCUT2D eigenvalue weighted by atomic mass is 16.5. The number of esters is 1. The molecule has 0 saturated carbocycles. The van der Waals surface area contributed by atoms with Crippen LogP contribution in [0.3, 0.4) is 0 Å². The summed E-state index contributed by atoms with van der Waals surface area (Å²) in [6.45, 7) is 10.4. The molecule has 0 aromatic rings. The van der Waals surface area contributed by atoms with Crippen molar-refractivity contribution in [1.82, 2.24) is 10.2 Å². The van der Waals surface area contributed by atoms with Crippen LogP contribution in [0.15, 0.2) is 0 Å². The van der Waals surface area contributed by atoms with E-state index in [-0.39, 0.29) is 12.0 Å². The van der Waals surface area contributed by atoms with Gasteiger partial charge < -0.3 is 10.1 Å². The van der Waals surface area contributed by atoms with Gasteiger partial charge in [0.25, 0.3) is 0 Å². The Labute approximate surface area is 98.3 Å². The third-order valence-electron chi connectivity index (χ3n) is 3.26. The van der Waals surface area contributed by atoms with Crippen molar-refractivity contribution in [3.63, 3.8) is 0 Å². The maximum atomic E-state index is 12.0. The van der Waals surface area contributed by atoms with E-state index in [9.17, 15) is 4.79 Å². The third-order valence-corrected chi connectivity index (χ3v) is 3.26. The molecule has 4 heteroatoms. The number of carbonyl (C=O) groups excluding carboxylic acids is 1. The fourth-order valence-corrected chi connectivity index (χ4v) is 2.15. The summed E-state index contributed by atoms with van der Waals surface area (Å²) in [5, 5.41) is 3.30. The molecule has 4 nitrogen and oxygen atoms in total. The van der Waals surface area contributed by atoms with Crippen molar-refractivity contribution in [2.24, 2.45) is 5.92 Å². The van der Waals surface area contributed by atoms with Gasteiger partial charge in [-0.2, -0.15) is 0 Å². The van der Waals surface area contributed by atoms with Gasteiger partial charge in [0.2, 0.25) is 0 Å². The highest BCUT2D eigenvalue weighted by Crippen LogP contribution is 2.17. The number of carbonyl (C=O) groups is 1.